The summed E-state index contributed by atoms with van der Waals surface area (Å²) >= 11 is 1.58. The molecule has 0 unspecified atom stereocenters. The lowest BCUT2D eigenvalue weighted by Gasteiger charge is -2.06. The van der Waals surface area contributed by atoms with Crippen molar-refractivity contribution < 1.29 is 4.79 Å². The van der Waals surface area contributed by atoms with Crippen molar-refractivity contribution >= 4 is 22.4 Å². The standard InChI is InChI=1S/C15H19N3OS/c1-11-5-3-4-6-12(11)9-14(19)17-8-7-13-10-20-15(16-2)18-13/h3-6,10H,7-9H2,1-2H3,(H,16,18)(H,17,19). The molecule has 1 heterocycles. The summed E-state index contributed by atoms with van der Waals surface area (Å²) < 4.78 is 0. The van der Waals surface area contributed by atoms with Crippen molar-refractivity contribution in [2.75, 3.05) is 18.9 Å². The Kier molecular flexibility index (Phi) is 5.12. The molecule has 2 aromatic rings. The van der Waals surface area contributed by atoms with Crippen molar-refractivity contribution in [1.29, 1.82) is 0 Å². The van der Waals surface area contributed by atoms with Crippen LogP contribution in [0.4, 0.5) is 5.13 Å². The molecule has 0 atom stereocenters. The van der Waals surface area contributed by atoms with Gasteiger partial charge in [-0.1, -0.05) is 24.3 Å². The van der Waals surface area contributed by atoms with Gasteiger partial charge < -0.3 is 10.6 Å². The maximum atomic E-state index is 11.9. The Hall–Kier alpha value is -1.88. The number of carbonyl (C=O) groups is 1. The van der Waals surface area contributed by atoms with Gasteiger partial charge in [-0.15, -0.1) is 11.3 Å². The third-order valence-corrected chi connectivity index (χ3v) is 3.99. The first-order valence-corrected chi connectivity index (χ1v) is 7.50. The smallest absolute Gasteiger partial charge is 0.224 e. The number of nitrogens with zero attached hydrogens (tertiary/aromatic N) is 1. The van der Waals surface area contributed by atoms with Gasteiger partial charge in [-0.05, 0) is 18.1 Å². The van der Waals surface area contributed by atoms with E-state index in [4.69, 9.17) is 0 Å². The highest BCUT2D eigenvalue weighted by Gasteiger charge is 2.06. The number of hydrogen-bond acceptors (Lipinski definition) is 4. The molecule has 0 radical (unpaired) electrons. The van der Waals surface area contributed by atoms with Gasteiger partial charge >= 0.3 is 0 Å². The molecule has 106 valence electrons. The van der Waals surface area contributed by atoms with Crippen LogP contribution in [0.5, 0.6) is 0 Å². The predicted molar refractivity (Wildman–Crippen MR) is 83.3 cm³/mol. The molecule has 0 fully saturated rings. The number of thiazole rings is 1. The van der Waals surface area contributed by atoms with Gasteiger partial charge in [0.2, 0.25) is 5.91 Å². The summed E-state index contributed by atoms with van der Waals surface area (Å²) in [7, 11) is 1.85. The molecule has 1 amide bonds. The Balaban J connectivity index is 1.77. The first-order valence-electron chi connectivity index (χ1n) is 6.62. The topological polar surface area (TPSA) is 54.0 Å². The first-order chi connectivity index (χ1) is 9.69. The van der Waals surface area contributed by atoms with Gasteiger partial charge in [0.1, 0.15) is 0 Å². The van der Waals surface area contributed by atoms with Crippen molar-refractivity contribution in [2.45, 2.75) is 19.8 Å². The average Bonchev–Trinajstić information content (AvgIpc) is 2.89. The molecule has 0 saturated carbocycles. The predicted octanol–water partition coefficient (Wildman–Crippen LogP) is 2.39. The Morgan fingerprint density at radius 3 is 2.85 bits per heavy atom. The fourth-order valence-corrected chi connectivity index (χ4v) is 2.62. The molecule has 1 aromatic carbocycles. The van der Waals surface area contributed by atoms with Gasteiger partial charge in [0.25, 0.3) is 0 Å². The molecule has 0 bridgehead atoms. The molecule has 0 saturated heterocycles. The van der Waals surface area contributed by atoms with E-state index in [1.807, 2.05) is 43.6 Å². The van der Waals surface area contributed by atoms with Crippen LogP contribution in [0, 0.1) is 6.92 Å². The van der Waals surface area contributed by atoms with Crippen LogP contribution < -0.4 is 10.6 Å². The number of anilines is 1. The number of carbonyl (C=O) groups excluding carboxylic acids is 1. The minimum Gasteiger partial charge on any atom is -0.365 e. The molecule has 4 nitrogen and oxygen atoms in total. The lowest BCUT2D eigenvalue weighted by molar-refractivity contribution is -0.120. The summed E-state index contributed by atoms with van der Waals surface area (Å²) in [4.78, 5) is 16.3. The number of amides is 1. The second-order valence-electron chi connectivity index (χ2n) is 4.60. The summed E-state index contributed by atoms with van der Waals surface area (Å²) in [5.74, 6) is 0.0587. The normalized spacial score (nSPS) is 10.3. The molecule has 0 aliphatic rings. The van der Waals surface area contributed by atoms with E-state index in [0.29, 0.717) is 13.0 Å². The van der Waals surface area contributed by atoms with Crippen LogP contribution in [0.15, 0.2) is 29.6 Å². The quantitative estimate of drug-likeness (QED) is 0.858. The molecular weight excluding hydrogens is 270 g/mol. The number of rotatable bonds is 6. The second-order valence-corrected chi connectivity index (χ2v) is 5.46. The zero-order chi connectivity index (χ0) is 14.4. The van der Waals surface area contributed by atoms with Crippen LogP contribution in [-0.2, 0) is 17.6 Å². The van der Waals surface area contributed by atoms with Crippen LogP contribution in [0.25, 0.3) is 0 Å². The summed E-state index contributed by atoms with van der Waals surface area (Å²) in [6.45, 7) is 2.65. The highest BCUT2D eigenvalue weighted by atomic mass is 32.1. The van der Waals surface area contributed by atoms with Crippen LogP contribution in [0.3, 0.4) is 0 Å². The molecule has 1 aromatic heterocycles. The van der Waals surface area contributed by atoms with Gasteiger partial charge in [0, 0.05) is 25.4 Å². The average molecular weight is 289 g/mol. The summed E-state index contributed by atoms with van der Waals surface area (Å²) in [6, 6.07) is 7.97. The third-order valence-electron chi connectivity index (χ3n) is 3.08. The Morgan fingerprint density at radius 2 is 2.15 bits per heavy atom. The van der Waals surface area contributed by atoms with Crippen LogP contribution in [0.2, 0.25) is 0 Å². The summed E-state index contributed by atoms with van der Waals surface area (Å²) in [5, 5.41) is 8.87. The van der Waals surface area contributed by atoms with Crippen molar-refractivity contribution in [3.63, 3.8) is 0 Å². The number of aromatic nitrogens is 1. The largest absolute Gasteiger partial charge is 0.365 e. The van der Waals surface area contributed by atoms with Gasteiger partial charge in [0.15, 0.2) is 5.13 Å². The van der Waals surface area contributed by atoms with E-state index in [0.717, 1.165) is 28.4 Å². The number of benzene rings is 1. The van der Waals surface area contributed by atoms with Crippen molar-refractivity contribution in [3.05, 3.63) is 46.5 Å². The van der Waals surface area contributed by atoms with E-state index in [1.165, 1.54) is 0 Å². The zero-order valence-electron chi connectivity index (χ0n) is 11.8. The second kappa shape index (κ2) is 7.05. The number of hydrogen-bond donors (Lipinski definition) is 2. The van der Waals surface area contributed by atoms with Gasteiger partial charge in [0.05, 0.1) is 12.1 Å². The van der Waals surface area contributed by atoms with Gasteiger partial charge in [-0.3, -0.25) is 4.79 Å². The monoisotopic (exact) mass is 289 g/mol. The number of aryl methyl sites for hydroxylation is 1. The highest BCUT2D eigenvalue weighted by molar-refractivity contribution is 7.13. The fourth-order valence-electron chi connectivity index (χ4n) is 1.91. The van der Waals surface area contributed by atoms with Crippen LogP contribution >= 0.6 is 11.3 Å². The maximum Gasteiger partial charge on any atom is 0.224 e. The summed E-state index contributed by atoms with van der Waals surface area (Å²) in [6.07, 6.45) is 1.20. The van der Waals surface area contributed by atoms with E-state index >= 15 is 0 Å². The molecular formula is C15H19N3OS. The third kappa shape index (κ3) is 4.06. The molecule has 0 spiro atoms. The van der Waals surface area contributed by atoms with Crippen LogP contribution in [-0.4, -0.2) is 24.5 Å². The molecule has 5 heteroatoms. The van der Waals surface area contributed by atoms with Gasteiger partial charge in [-0.2, -0.15) is 0 Å². The first kappa shape index (κ1) is 14.5. The maximum absolute atomic E-state index is 11.9. The van der Waals surface area contributed by atoms with Crippen LogP contribution in [0.1, 0.15) is 16.8 Å². The lowest BCUT2D eigenvalue weighted by atomic mass is 10.1. The van der Waals surface area contributed by atoms with Crippen molar-refractivity contribution in [2.24, 2.45) is 0 Å². The number of nitrogens with one attached hydrogen (secondary N) is 2. The minimum atomic E-state index is 0.0587. The van der Waals surface area contributed by atoms with E-state index in [1.54, 1.807) is 11.3 Å². The Labute approximate surface area is 123 Å². The molecule has 2 N–H and O–H groups in total. The Morgan fingerprint density at radius 1 is 1.35 bits per heavy atom. The lowest BCUT2D eigenvalue weighted by Crippen LogP contribution is -2.27. The zero-order valence-corrected chi connectivity index (χ0v) is 12.6. The molecule has 2 rings (SSSR count). The van der Waals surface area contributed by atoms with E-state index in [-0.39, 0.29) is 5.91 Å². The SMILES string of the molecule is CNc1nc(CCNC(=O)Cc2ccccc2C)cs1. The van der Waals surface area contributed by atoms with E-state index in [2.05, 4.69) is 15.6 Å². The van der Waals surface area contributed by atoms with E-state index in [9.17, 15) is 4.79 Å². The van der Waals surface area contributed by atoms with Crippen molar-refractivity contribution in [1.82, 2.24) is 10.3 Å². The molecule has 0 aliphatic carbocycles. The molecule has 20 heavy (non-hydrogen) atoms. The molecule has 0 aliphatic heterocycles. The highest BCUT2D eigenvalue weighted by Crippen LogP contribution is 2.14. The summed E-state index contributed by atoms with van der Waals surface area (Å²) in [5.41, 5.74) is 3.24. The van der Waals surface area contributed by atoms with Crippen molar-refractivity contribution in [3.8, 4) is 0 Å². The minimum absolute atomic E-state index is 0.0587. The van der Waals surface area contributed by atoms with Gasteiger partial charge in [-0.25, -0.2) is 4.98 Å². The van der Waals surface area contributed by atoms with E-state index < -0.39 is 0 Å². The Bertz CT molecular complexity index is 580. The fraction of sp³-hybridized carbons (Fsp3) is 0.333.